The monoisotopic (exact) mass is 209 g/mol. The van der Waals surface area contributed by atoms with Gasteiger partial charge in [0.2, 0.25) is 11.8 Å². The van der Waals surface area contributed by atoms with Gasteiger partial charge in [0.25, 0.3) is 0 Å². The number of hydrogen-bond acceptors (Lipinski definition) is 2. The second-order valence-electron chi connectivity index (χ2n) is 3.32. The molecule has 0 aliphatic heterocycles. The fourth-order valence-electron chi connectivity index (χ4n) is 1.18. The van der Waals surface area contributed by atoms with Crippen molar-refractivity contribution in [2.24, 2.45) is 0 Å². The van der Waals surface area contributed by atoms with E-state index in [9.17, 15) is 14.0 Å². The molecule has 0 heterocycles. The van der Waals surface area contributed by atoms with E-state index in [1.165, 1.54) is 31.2 Å². The van der Waals surface area contributed by atoms with E-state index in [0.29, 0.717) is 5.56 Å². The van der Waals surface area contributed by atoms with Gasteiger partial charge in [0.05, 0.1) is 5.92 Å². The maximum atomic E-state index is 12.6. The molecule has 1 N–H and O–H groups in total. The van der Waals surface area contributed by atoms with E-state index in [1.54, 1.807) is 6.92 Å². The highest BCUT2D eigenvalue weighted by molar-refractivity contribution is 5.97. The van der Waals surface area contributed by atoms with E-state index < -0.39 is 11.8 Å². The first-order valence-electron chi connectivity index (χ1n) is 4.57. The molecule has 0 saturated carbocycles. The number of carbonyl (C=O) groups is 2. The molecule has 1 aromatic carbocycles. The lowest BCUT2D eigenvalue weighted by atomic mass is 10.0. The molecule has 1 aromatic rings. The maximum Gasteiger partial charge on any atom is 0.233 e. The normalized spacial score (nSPS) is 11.9. The van der Waals surface area contributed by atoms with Gasteiger partial charge in [-0.1, -0.05) is 12.1 Å². The van der Waals surface area contributed by atoms with Crippen molar-refractivity contribution in [1.82, 2.24) is 5.32 Å². The van der Waals surface area contributed by atoms with Crippen LogP contribution in [0.5, 0.6) is 0 Å². The number of rotatable bonds is 2. The fraction of sp³-hybridized carbons (Fsp3) is 0.273. The summed E-state index contributed by atoms with van der Waals surface area (Å²) >= 11 is 0. The Labute approximate surface area is 87.3 Å². The minimum absolute atomic E-state index is 0.349. The first-order valence-corrected chi connectivity index (χ1v) is 4.57. The first-order chi connectivity index (χ1) is 7.00. The van der Waals surface area contributed by atoms with E-state index in [-0.39, 0.29) is 11.7 Å². The van der Waals surface area contributed by atoms with Gasteiger partial charge in [0.1, 0.15) is 5.82 Å². The van der Waals surface area contributed by atoms with Crippen LogP contribution in [-0.4, -0.2) is 11.8 Å². The zero-order valence-electron chi connectivity index (χ0n) is 8.58. The standard InChI is InChI=1S/C11H12FNO2/c1-7(11(15)13-8(2)14)9-3-5-10(12)6-4-9/h3-7H,1-2H3,(H,13,14,15). The summed E-state index contributed by atoms with van der Waals surface area (Å²) in [5, 5.41) is 2.18. The lowest BCUT2D eigenvalue weighted by Crippen LogP contribution is -2.31. The molecule has 2 amide bonds. The summed E-state index contributed by atoms with van der Waals surface area (Å²) in [6, 6.07) is 5.62. The van der Waals surface area contributed by atoms with Gasteiger partial charge in [-0.05, 0) is 24.6 Å². The summed E-state index contributed by atoms with van der Waals surface area (Å²) in [7, 11) is 0. The third-order valence-electron chi connectivity index (χ3n) is 2.06. The number of hydrogen-bond donors (Lipinski definition) is 1. The second-order valence-corrected chi connectivity index (χ2v) is 3.32. The lowest BCUT2D eigenvalue weighted by molar-refractivity contribution is -0.129. The molecule has 1 rings (SSSR count). The van der Waals surface area contributed by atoms with Crippen LogP contribution in [0.1, 0.15) is 25.3 Å². The molecular formula is C11H12FNO2. The van der Waals surface area contributed by atoms with Gasteiger partial charge in [-0.3, -0.25) is 14.9 Å². The van der Waals surface area contributed by atoms with Crippen molar-refractivity contribution < 1.29 is 14.0 Å². The number of carbonyl (C=O) groups excluding carboxylic acids is 2. The molecular weight excluding hydrogens is 197 g/mol. The van der Waals surface area contributed by atoms with Crippen LogP contribution >= 0.6 is 0 Å². The summed E-state index contributed by atoms with van der Waals surface area (Å²) < 4.78 is 12.6. The van der Waals surface area contributed by atoms with Gasteiger partial charge < -0.3 is 0 Å². The number of benzene rings is 1. The Balaban J connectivity index is 2.76. The Hall–Kier alpha value is -1.71. The molecule has 0 aliphatic rings. The summed E-state index contributed by atoms with van der Waals surface area (Å²) in [4.78, 5) is 22.1. The highest BCUT2D eigenvalue weighted by Crippen LogP contribution is 2.15. The van der Waals surface area contributed by atoms with Crippen molar-refractivity contribution in [2.45, 2.75) is 19.8 Å². The highest BCUT2D eigenvalue weighted by atomic mass is 19.1. The molecule has 15 heavy (non-hydrogen) atoms. The topological polar surface area (TPSA) is 46.2 Å². The zero-order chi connectivity index (χ0) is 11.4. The van der Waals surface area contributed by atoms with Crippen LogP contribution in [0, 0.1) is 5.82 Å². The minimum atomic E-state index is -0.463. The fourth-order valence-corrected chi connectivity index (χ4v) is 1.18. The first kappa shape index (κ1) is 11.4. The SMILES string of the molecule is CC(=O)NC(=O)C(C)c1ccc(F)cc1. The molecule has 80 valence electrons. The second kappa shape index (κ2) is 4.68. The van der Waals surface area contributed by atoms with E-state index in [0.717, 1.165) is 0 Å². The molecule has 0 bridgehead atoms. The van der Waals surface area contributed by atoms with Crippen LogP contribution in [0.3, 0.4) is 0 Å². The van der Waals surface area contributed by atoms with Crippen molar-refractivity contribution >= 4 is 11.8 Å². The number of nitrogens with one attached hydrogen (secondary N) is 1. The quantitative estimate of drug-likeness (QED) is 0.804. The van der Waals surface area contributed by atoms with Crippen LogP contribution in [-0.2, 0) is 9.59 Å². The van der Waals surface area contributed by atoms with Crippen LogP contribution in [0.25, 0.3) is 0 Å². The van der Waals surface area contributed by atoms with Crippen LogP contribution < -0.4 is 5.32 Å². The lowest BCUT2D eigenvalue weighted by Gasteiger charge is -2.10. The number of imide groups is 1. The predicted octanol–water partition coefficient (Wildman–Crippen LogP) is 1.59. The third kappa shape index (κ3) is 3.16. The van der Waals surface area contributed by atoms with E-state index in [2.05, 4.69) is 5.32 Å². The van der Waals surface area contributed by atoms with Gasteiger partial charge >= 0.3 is 0 Å². The summed E-state index contributed by atoms with van der Waals surface area (Å²) in [6.45, 7) is 2.93. The van der Waals surface area contributed by atoms with Gasteiger partial charge in [-0.15, -0.1) is 0 Å². The Bertz CT molecular complexity index is 373. The Morgan fingerprint density at radius 3 is 2.27 bits per heavy atom. The smallest absolute Gasteiger partial charge is 0.233 e. The molecule has 0 fully saturated rings. The third-order valence-corrected chi connectivity index (χ3v) is 2.06. The maximum absolute atomic E-state index is 12.6. The Morgan fingerprint density at radius 1 is 1.27 bits per heavy atom. The molecule has 0 aliphatic carbocycles. The van der Waals surface area contributed by atoms with Crippen LogP contribution in [0.15, 0.2) is 24.3 Å². The van der Waals surface area contributed by atoms with Crippen LogP contribution in [0.2, 0.25) is 0 Å². The largest absolute Gasteiger partial charge is 0.296 e. The van der Waals surface area contributed by atoms with E-state index >= 15 is 0 Å². The summed E-state index contributed by atoms with van der Waals surface area (Å²) in [6.07, 6.45) is 0. The molecule has 3 nitrogen and oxygen atoms in total. The zero-order valence-corrected chi connectivity index (χ0v) is 8.58. The van der Waals surface area contributed by atoms with Crippen molar-refractivity contribution in [2.75, 3.05) is 0 Å². The van der Waals surface area contributed by atoms with Gasteiger partial charge in [-0.25, -0.2) is 4.39 Å². The summed E-state index contributed by atoms with van der Waals surface area (Å²) in [5.74, 6) is -1.59. The average molecular weight is 209 g/mol. The van der Waals surface area contributed by atoms with Crippen LogP contribution in [0.4, 0.5) is 4.39 Å². The van der Waals surface area contributed by atoms with Crippen molar-refractivity contribution in [3.8, 4) is 0 Å². The molecule has 0 spiro atoms. The Morgan fingerprint density at radius 2 is 1.80 bits per heavy atom. The predicted molar refractivity (Wildman–Crippen MR) is 53.6 cm³/mol. The Kier molecular flexibility index (Phi) is 3.55. The van der Waals surface area contributed by atoms with E-state index in [1.807, 2.05) is 0 Å². The van der Waals surface area contributed by atoms with Gasteiger partial charge in [-0.2, -0.15) is 0 Å². The van der Waals surface area contributed by atoms with Crippen molar-refractivity contribution in [1.29, 1.82) is 0 Å². The highest BCUT2D eigenvalue weighted by Gasteiger charge is 2.15. The number of amides is 2. The molecule has 4 heteroatoms. The summed E-state index contributed by atoms with van der Waals surface area (Å²) in [5.41, 5.74) is 0.676. The van der Waals surface area contributed by atoms with E-state index in [4.69, 9.17) is 0 Å². The van der Waals surface area contributed by atoms with Gasteiger partial charge in [0.15, 0.2) is 0 Å². The molecule has 1 unspecified atom stereocenters. The average Bonchev–Trinajstić information content (AvgIpc) is 2.17. The molecule has 1 atom stereocenters. The van der Waals surface area contributed by atoms with Gasteiger partial charge in [0, 0.05) is 6.92 Å². The van der Waals surface area contributed by atoms with Crippen molar-refractivity contribution in [3.05, 3.63) is 35.6 Å². The number of halogens is 1. The molecule has 0 aromatic heterocycles. The minimum Gasteiger partial charge on any atom is -0.296 e. The molecule has 0 radical (unpaired) electrons. The van der Waals surface area contributed by atoms with Crippen molar-refractivity contribution in [3.63, 3.8) is 0 Å². The molecule has 0 saturated heterocycles.